The van der Waals surface area contributed by atoms with E-state index in [0.717, 1.165) is 67.1 Å². The van der Waals surface area contributed by atoms with E-state index in [1.54, 1.807) is 0 Å². The number of benzene rings is 3. The SMILES string of the molecule is O=C(C1CCC1)N1CCOc2c(cc(-c3ccc4sc5ccccc5c4c3)cc2OCC2CCOC2)C1. The van der Waals surface area contributed by atoms with E-state index in [0.29, 0.717) is 32.2 Å². The van der Waals surface area contributed by atoms with Gasteiger partial charge in [-0.05, 0) is 60.7 Å². The zero-order valence-corrected chi connectivity index (χ0v) is 21.7. The number of carbonyl (C=O) groups is 1. The molecule has 1 amide bonds. The maximum Gasteiger partial charge on any atom is 0.226 e. The van der Waals surface area contributed by atoms with Crippen molar-refractivity contribution >= 4 is 37.4 Å². The molecule has 190 valence electrons. The van der Waals surface area contributed by atoms with Gasteiger partial charge in [-0.3, -0.25) is 4.79 Å². The first-order valence-corrected chi connectivity index (χ1v) is 14.3. The van der Waals surface area contributed by atoms with Crippen LogP contribution in [-0.2, 0) is 16.1 Å². The van der Waals surface area contributed by atoms with Gasteiger partial charge >= 0.3 is 0 Å². The minimum atomic E-state index is 0.178. The molecule has 5 nitrogen and oxygen atoms in total. The van der Waals surface area contributed by atoms with Crippen LogP contribution in [0.2, 0.25) is 0 Å². The van der Waals surface area contributed by atoms with Gasteiger partial charge in [-0.15, -0.1) is 11.3 Å². The van der Waals surface area contributed by atoms with Crippen molar-refractivity contribution in [3.05, 3.63) is 60.2 Å². The van der Waals surface area contributed by atoms with Crippen LogP contribution in [-0.4, -0.2) is 43.8 Å². The summed E-state index contributed by atoms with van der Waals surface area (Å²) in [4.78, 5) is 15.1. The van der Waals surface area contributed by atoms with Crippen LogP contribution in [0.25, 0.3) is 31.3 Å². The molecular weight excluding hydrogens is 482 g/mol. The van der Waals surface area contributed by atoms with E-state index in [-0.39, 0.29) is 11.8 Å². The summed E-state index contributed by atoms with van der Waals surface area (Å²) in [6.07, 6.45) is 4.20. The fourth-order valence-corrected chi connectivity index (χ4v) is 6.77. The fraction of sp³-hybridized carbons (Fsp3) is 0.387. The molecule has 7 rings (SSSR count). The van der Waals surface area contributed by atoms with Crippen molar-refractivity contribution in [1.29, 1.82) is 0 Å². The van der Waals surface area contributed by atoms with Crippen molar-refractivity contribution in [1.82, 2.24) is 4.90 Å². The van der Waals surface area contributed by atoms with Gasteiger partial charge in [0, 0.05) is 50.7 Å². The number of hydrogen-bond donors (Lipinski definition) is 0. The third kappa shape index (κ3) is 4.36. The smallest absolute Gasteiger partial charge is 0.226 e. The quantitative estimate of drug-likeness (QED) is 0.300. The van der Waals surface area contributed by atoms with Crippen molar-refractivity contribution in [3.63, 3.8) is 0 Å². The number of fused-ring (bicyclic) bond motifs is 4. The minimum absolute atomic E-state index is 0.178. The summed E-state index contributed by atoms with van der Waals surface area (Å²) in [7, 11) is 0. The van der Waals surface area contributed by atoms with E-state index in [1.807, 2.05) is 16.2 Å². The van der Waals surface area contributed by atoms with Crippen molar-refractivity contribution in [2.45, 2.75) is 32.2 Å². The van der Waals surface area contributed by atoms with Gasteiger partial charge in [0.2, 0.25) is 5.91 Å². The summed E-state index contributed by atoms with van der Waals surface area (Å²) in [5.74, 6) is 2.40. The van der Waals surface area contributed by atoms with E-state index in [4.69, 9.17) is 14.2 Å². The number of amides is 1. The van der Waals surface area contributed by atoms with E-state index in [9.17, 15) is 4.79 Å². The van der Waals surface area contributed by atoms with Crippen LogP contribution in [0.15, 0.2) is 54.6 Å². The molecule has 1 saturated heterocycles. The Morgan fingerprint density at radius 1 is 0.973 bits per heavy atom. The van der Waals surface area contributed by atoms with E-state index in [2.05, 4.69) is 54.6 Å². The lowest BCUT2D eigenvalue weighted by Crippen LogP contribution is -2.39. The molecule has 0 N–H and O–H groups in total. The molecule has 0 radical (unpaired) electrons. The van der Waals surface area contributed by atoms with Crippen LogP contribution in [0, 0.1) is 11.8 Å². The molecule has 4 aromatic rings. The molecule has 3 aromatic carbocycles. The average Bonchev–Trinajstić information content (AvgIpc) is 3.48. The highest BCUT2D eigenvalue weighted by molar-refractivity contribution is 7.25. The molecule has 0 spiro atoms. The molecule has 3 heterocycles. The van der Waals surface area contributed by atoms with Crippen molar-refractivity contribution in [2.75, 3.05) is 33.0 Å². The molecule has 1 atom stereocenters. The second-order valence-corrected chi connectivity index (χ2v) is 11.6. The second-order valence-electron chi connectivity index (χ2n) is 10.5. The molecule has 1 saturated carbocycles. The first-order valence-electron chi connectivity index (χ1n) is 13.4. The summed E-state index contributed by atoms with van der Waals surface area (Å²) in [6.45, 7) is 3.82. The van der Waals surface area contributed by atoms with Gasteiger partial charge < -0.3 is 19.1 Å². The van der Waals surface area contributed by atoms with Gasteiger partial charge in [-0.2, -0.15) is 0 Å². The fourth-order valence-electron chi connectivity index (χ4n) is 5.69. The second kappa shape index (κ2) is 9.66. The third-order valence-corrected chi connectivity index (χ3v) is 9.23. The number of hydrogen-bond acceptors (Lipinski definition) is 5. The summed E-state index contributed by atoms with van der Waals surface area (Å²) >= 11 is 1.83. The lowest BCUT2D eigenvalue weighted by atomic mass is 9.84. The summed E-state index contributed by atoms with van der Waals surface area (Å²) in [5, 5.41) is 2.56. The van der Waals surface area contributed by atoms with Crippen LogP contribution >= 0.6 is 11.3 Å². The van der Waals surface area contributed by atoms with Gasteiger partial charge in [-0.25, -0.2) is 0 Å². The first kappa shape index (κ1) is 23.1. The van der Waals surface area contributed by atoms with E-state index < -0.39 is 0 Å². The number of nitrogens with zero attached hydrogens (tertiary/aromatic N) is 1. The van der Waals surface area contributed by atoms with Gasteiger partial charge in [0.15, 0.2) is 11.5 Å². The minimum Gasteiger partial charge on any atom is -0.489 e. The number of rotatable bonds is 5. The first-order chi connectivity index (χ1) is 18.2. The number of ether oxygens (including phenoxy) is 3. The molecule has 0 bridgehead atoms. The third-order valence-electron chi connectivity index (χ3n) is 8.08. The lowest BCUT2D eigenvalue weighted by molar-refractivity contribution is -0.138. The van der Waals surface area contributed by atoms with Crippen molar-refractivity contribution < 1.29 is 19.0 Å². The Kier molecular flexibility index (Phi) is 6.02. The maximum atomic E-state index is 13.2. The summed E-state index contributed by atoms with van der Waals surface area (Å²) < 4.78 is 20.8. The molecule has 1 aliphatic carbocycles. The normalized spacial score (nSPS) is 19.9. The summed E-state index contributed by atoms with van der Waals surface area (Å²) in [5.41, 5.74) is 3.26. The van der Waals surface area contributed by atoms with Gasteiger partial charge in [0.25, 0.3) is 0 Å². The standard InChI is InChI=1S/C31H31NO4S/c33-31(21-4-3-5-21)32-11-13-35-30-24(17-32)14-23(16-27(30)36-19-20-10-12-34-18-20)22-8-9-29-26(15-22)25-6-1-2-7-28(25)37-29/h1-2,6-9,14-16,20-21H,3-5,10-13,17-19H2. The molecule has 1 unspecified atom stereocenters. The Balaban J connectivity index is 1.28. The van der Waals surface area contributed by atoms with Crippen LogP contribution in [0.5, 0.6) is 11.5 Å². The molecule has 2 aliphatic heterocycles. The van der Waals surface area contributed by atoms with Crippen LogP contribution in [0.4, 0.5) is 0 Å². The molecule has 3 aliphatic rings. The Bertz CT molecular complexity index is 1470. The highest BCUT2D eigenvalue weighted by atomic mass is 32.1. The predicted octanol–water partition coefficient (Wildman–Crippen LogP) is 6.66. The Labute approximate surface area is 220 Å². The van der Waals surface area contributed by atoms with E-state index >= 15 is 0 Å². The zero-order chi connectivity index (χ0) is 24.8. The molecule has 37 heavy (non-hydrogen) atoms. The molecule has 1 aromatic heterocycles. The average molecular weight is 514 g/mol. The highest BCUT2D eigenvalue weighted by Crippen LogP contribution is 2.42. The monoisotopic (exact) mass is 513 g/mol. The predicted molar refractivity (Wildman–Crippen MR) is 147 cm³/mol. The number of thiophene rings is 1. The summed E-state index contributed by atoms with van der Waals surface area (Å²) in [6, 6.07) is 19.6. The highest BCUT2D eigenvalue weighted by Gasteiger charge is 2.32. The molecule has 6 heteroatoms. The van der Waals surface area contributed by atoms with Crippen molar-refractivity contribution in [2.24, 2.45) is 11.8 Å². The van der Waals surface area contributed by atoms with Gasteiger partial charge in [0.1, 0.15) is 6.61 Å². The topological polar surface area (TPSA) is 48.0 Å². The molecule has 2 fully saturated rings. The van der Waals surface area contributed by atoms with Gasteiger partial charge in [-0.1, -0.05) is 30.7 Å². The Hall–Kier alpha value is -3.09. The van der Waals surface area contributed by atoms with Crippen LogP contribution in [0.3, 0.4) is 0 Å². The Morgan fingerprint density at radius 2 is 1.86 bits per heavy atom. The number of carbonyl (C=O) groups excluding carboxylic acids is 1. The van der Waals surface area contributed by atoms with E-state index in [1.165, 1.54) is 20.2 Å². The van der Waals surface area contributed by atoms with Crippen LogP contribution < -0.4 is 9.47 Å². The van der Waals surface area contributed by atoms with Crippen molar-refractivity contribution in [3.8, 4) is 22.6 Å². The lowest BCUT2D eigenvalue weighted by Gasteiger charge is -2.30. The van der Waals surface area contributed by atoms with Gasteiger partial charge in [0.05, 0.1) is 19.8 Å². The largest absolute Gasteiger partial charge is 0.489 e. The van der Waals surface area contributed by atoms with Crippen LogP contribution in [0.1, 0.15) is 31.2 Å². The molecular formula is C31H31NO4S. The zero-order valence-electron chi connectivity index (χ0n) is 20.9. The maximum absolute atomic E-state index is 13.2. The Morgan fingerprint density at radius 3 is 2.70 bits per heavy atom.